The highest BCUT2D eigenvalue weighted by Crippen LogP contribution is 2.23. The molecule has 0 atom stereocenters. The molecule has 0 unspecified atom stereocenters. The molecule has 0 aliphatic carbocycles. The lowest BCUT2D eigenvalue weighted by Crippen LogP contribution is -2.08. The minimum absolute atomic E-state index is 0.0827. The average Bonchev–Trinajstić information content (AvgIpc) is 2.38. The first-order valence-corrected chi connectivity index (χ1v) is 6.21. The van der Waals surface area contributed by atoms with E-state index in [9.17, 15) is 8.78 Å². The first-order valence-electron chi connectivity index (χ1n) is 6.21. The van der Waals surface area contributed by atoms with E-state index in [-0.39, 0.29) is 5.56 Å². The zero-order valence-electron chi connectivity index (χ0n) is 12.0. The van der Waals surface area contributed by atoms with Crippen molar-refractivity contribution in [2.45, 2.75) is 20.3 Å². The zero-order chi connectivity index (χ0) is 16.0. The fraction of sp³-hybridized carbons (Fsp3) is 0.200. The van der Waals surface area contributed by atoms with Crippen LogP contribution in [0.5, 0.6) is 0 Å². The number of aliphatic imine (C=N–C) groups is 1. The van der Waals surface area contributed by atoms with Gasteiger partial charge in [-0.1, -0.05) is 18.7 Å². The van der Waals surface area contributed by atoms with E-state index in [1.54, 1.807) is 19.9 Å². The second-order valence-electron chi connectivity index (χ2n) is 4.43. The summed E-state index contributed by atoms with van der Waals surface area (Å²) in [6.07, 6.45) is -1.45. The maximum absolute atomic E-state index is 12.7. The maximum Gasteiger partial charge on any atom is 0.263 e. The maximum atomic E-state index is 12.7. The summed E-state index contributed by atoms with van der Waals surface area (Å²) in [5.41, 5.74) is 7.24. The number of amidine groups is 1. The summed E-state index contributed by atoms with van der Waals surface area (Å²) in [5.74, 6) is 0.361. The number of hydrogen-bond acceptors (Lipinski definition) is 3. The molecule has 0 bridgehead atoms. The van der Waals surface area contributed by atoms with Crippen LogP contribution >= 0.6 is 0 Å². The quantitative estimate of drug-likeness (QED) is 0.423. The highest BCUT2D eigenvalue weighted by Gasteiger charge is 2.09. The van der Waals surface area contributed by atoms with Crippen LogP contribution in [-0.2, 0) is 0 Å². The lowest BCUT2D eigenvalue weighted by molar-refractivity contribution is 0.151. The zero-order valence-corrected chi connectivity index (χ0v) is 12.0. The Kier molecular flexibility index (Phi) is 5.78. The molecule has 1 rings (SSSR count). The van der Waals surface area contributed by atoms with Gasteiger partial charge in [0.15, 0.2) is 0 Å². The van der Waals surface area contributed by atoms with Crippen molar-refractivity contribution >= 4 is 17.7 Å². The van der Waals surface area contributed by atoms with Crippen molar-refractivity contribution in [2.75, 3.05) is 5.32 Å². The van der Waals surface area contributed by atoms with E-state index in [4.69, 9.17) is 11.1 Å². The lowest BCUT2D eigenvalue weighted by Gasteiger charge is -2.12. The normalized spacial score (nSPS) is 12.9. The Hall–Kier alpha value is -2.50. The molecule has 0 aliphatic heterocycles. The SMILES string of the molecule is C=C(Nc1cccc(C(F)F)c1)/C(C=N)=C(/C)N=C(C)N. The molecule has 6 heteroatoms. The molecule has 0 heterocycles. The summed E-state index contributed by atoms with van der Waals surface area (Å²) in [4.78, 5) is 4.06. The van der Waals surface area contributed by atoms with Gasteiger partial charge in [-0.05, 0) is 26.0 Å². The number of anilines is 1. The molecule has 112 valence electrons. The van der Waals surface area contributed by atoms with E-state index >= 15 is 0 Å². The number of nitrogens with one attached hydrogen (secondary N) is 2. The van der Waals surface area contributed by atoms with E-state index in [0.29, 0.717) is 28.5 Å². The molecule has 0 spiro atoms. The number of nitrogens with zero attached hydrogens (tertiary/aromatic N) is 1. The topological polar surface area (TPSA) is 74.3 Å². The van der Waals surface area contributed by atoms with Gasteiger partial charge in [0, 0.05) is 28.7 Å². The number of allylic oxidation sites excluding steroid dienone is 2. The van der Waals surface area contributed by atoms with Gasteiger partial charge in [0.2, 0.25) is 0 Å². The molecule has 4 N–H and O–H groups in total. The number of alkyl halides is 2. The van der Waals surface area contributed by atoms with Crippen molar-refractivity contribution in [2.24, 2.45) is 10.7 Å². The van der Waals surface area contributed by atoms with Crippen LogP contribution in [0.1, 0.15) is 25.8 Å². The Bertz CT molecular complexity index is 599. The highest BCUT2D eigenvalue weighted by molar-refractivity contribution is 5.86. The predicted octanol–water partition coefficient (Wildman–Crippen LogP) is 3.85. The van der Waals surface area contributed by atoms with Gasteiger partial charge in [-0.2, -0.15) is 0 Å². The van der Waals surface area contributed by atoms with Crippen LogP contribution in [0.4, 0.5) is 14.5 Å². The molecule has 0 aliphatic rings. The largest absolute Gasteiger partial charge is 0.387 e. The first kappa shape index (κ1) is 16.6. The summed E-state index contributed by atoms with van der Waals surface area (Å²) >= 11 is 0. The van der Waals surface area contributed by atoms with Crippen LogP contribution in [0.3, 0.4) is 0 Å². The molecule has 0 amide bonds. The molecule has 1 aromatic carbocycles. The minimum Gasteiger partial charge on any atom is -0.387 e. The third kappa shape index (κ3) is 4.83. The number of benzene rings is 1. The van der Waals surface area contributed by atoms with Gasteiger partial charge < -0.3 is 16.5 Å². The molecule has 0 fully saturated rings. The molecular formula is C15H18F2N4. The number of rotatable bonds is 6. The van der Waals surface area contributed by atoms with Crippen molar-refractivity contribution in [3.8, 4) is 0 Å². The third-order valence-corrected chi connectivity index (χ3v) is 2.64. The van der Waals surface area contributed by atoms with E-state index in [1.807, 2.05) is 0 Å². The van der Waals surface area contributed by atoms with Crippen LogP contribution in [-0.4, -0.2) is 12.1 Å². The monoisotopic (exact) mass is 292 g/mol. The molecule has 1 aromatic rings. The Morgan fingerprint density at radius 1 is 1.43 bits per heavy atom. The minimum atomic E-state index is -2.54. The highest BCUT2D eigenvalue weighted by atomic mass is 19.3. The van der Waals surface area contributed by atoms with Crippen LogP contribution in [0, 0.1) is 5.41 Å². The first-order chi connectivity index (χ1) is 9.85. The molecule has 0 aromatic heterocycles. The standard InChI is InChI=1S/C15H18F2N4/c1-9(20-11(3)19)14(8-18)10(2)21-13-6-4-5-12(7-13)15(16)17/h4-8,15,18,21H,2H2,1,3H3,(H2,19,20)/b14-9-,18-8?. The molecule has 0 radical (unpaired) electrons. The van der Waals surface area contributed by atoms with Crippen LogP contribution in [0.25, 0.3) is 0 Å². The molecule has 21 heavy (non-hydrogen) atoms. The second-order valence-corrected chi connectivity index (χ2v) is 4.43. The molecule has 0 saturated heterocycles. The van der Waals surface area contributed by atoms with E-state index < -0.39 is 6.43 Å². The summed E-state index contributed by atoms with van der Waals surface area (Å²) in [6.45, 7) is 7.13. The fourth-order valence-electron chi connectivity index (χ4n) is 1.73. The number of halogens is 2. The van der Waals surface area contributed by atoms with Crippen LogP contribution in [0.2, 0.25) is 0 Å². The van der Waals surface area contributed by atoms with Gasteiger partial charge in [0.05, 0.1) is 11.5 Å². The third-order valence-electron chi connectivity index (χ3n) is 2.64. The van der Waals surface area contributed by atoms with Crippen LogP contribution < -0.4 is 11.1 Å². The van der Waals surface area contributed by atoms with Crippen molar-refractivity contribution in [1.29, 1.82) is 5.41 Å². The second kappa shape index (κ2) is 7.33. The van der Waals surface area contributed by atoms with Crippen LogP contribution in [0.15, 0.2) is 52.8 Å². The number of hydrogen-bond donors (Lipinski definition) is 3. The van der Waals surface area contributed by atoms with Crippen molar-refractivity contribution in [3.05, 3.63) is 53.4 Å². The van der Waals surface area contributed by atoms with Crippen molar-refractivity contribution in [1.82, 2.24) is 0 Å². The summed E-state index contributed by atoms with van der Waals surface area (Å²) in [6, 6.07) is 5.86. The average molecular weight is 292 g/mol. The van der Waals surface area contributed by atoms with E-state index in [1.165, 1.54) is 18.2 Å². The van der Waals surface area contributed by atoms with Gasteiger partial charge in [-0.15, -0.1) is 0 Å². The Balaban J connectivity index is 3.01. The Morgan fingerprint density at radius 3 is 2.62 bits per heavy atom. The summed E-state index contributed by atoms with van der Waals surface area (Å²) in [5, 5.41) is 10.3. The Morgan fingerprint density at radius 2 is 2.10 bits per heavy atom. The van der Waals surface area contributed by atoms with Gasteiger partial charge in [0.25, 0.3) is 6.43 Å². The molecule has 0 saturated carbocycles. The smallest absolute Gasteiger partial charge is 0.263 e. The van der Waals surface area contributed by atoms with Crippen molar-refractivity contribution in [3.63, 3.8) is 0 Å². The van der Waals surface area contributed by atoms with Gasteiger partial charge in [0.1, 0.15) is 0 Å². The van der Waals surface area contributed by atoms with E-state index in [2.05, 4.69) is 16.9 Å². The lowest BCUT2D eigenvalue weighted by atomic mass is 10.1. The van der Waals surface area contributed by atoms with Gasteiger partial charge >= 0.3 is 0 Å². The molecule has 4 nitrogen and oxygen atoms in total. The predicted molar refractivity (Wildman–Crippen MR) is 82.9 cm³/mol. The van der Waals surface area contributed by atoms with E-state index in [0.717, 1.165) is 6.21 Å². The number of nitrogens with two attached hydrogens (primary N) is 1. The van der Waals surface area contributed by atoms with Crippen molar-refractivity contribution < 1.29 is 8.78 Å². The summed E-state index contributed by atoms with van der Waals surface area (Å²) < 4.78 is 25.3. The van der Waals surface area contributed by atoms with Gasteiger partial charge in [-0.3, -0.25) is 0 Å². The van der Waals surface area contributed by atoms with Gasteiger partial charge in [-0.25, -0.2) is 13.8 Å². The summed E-state index contributed by atoms with van der Waals surface area (Å²) in [7, 11) is 0. The Labute approximate surface area is 122 Å². The molecular weight excluding hydrogens is 274 g/mol. The fourth-order valence-corrected chi connectivity index (χ4v) is 1.73.